The highest BCUT2D eigenvalue weighted by Crippen LogP contribution is 2.15. The molecule has 122 valence electrons. The van der Waals surface area contributed by atoms with Crippen molar-refractivity contribution >= 4 is 21.6 Å². The number of nitrogens with zero attached hydrogens (tertiary/aromatic N) is 1. The van der Waals surface area contributed by atoms with Crippen LogP contribution < -0.4 is 9.62 Å². The maximum absolute atomic E-state index is 12.8. The van der Waals surface area contributed by atoms with Crippen molar-refractivity contribution in [2.24, 2.45) is 0 Å². The quantitative estimate of drug-likeness (QED) is 0.878. The number of anilines is 1. The first-order valence-electron chi connectivity index (χ1n) is 6.94. The Morgan fingerprint density at radius 2 is 1.70 bits per heavy atom. The van der Waals surface area contributed by atoms with E-state index in [4.69, 9.17) is 0 Å². The Morgan fingerprint density at radius 1 is 1.09 bits per heavy atom. The van der Waals surface area contributed by atoms with E-state index in [2.05, 4.69) is 5.32 Å². The summed E-state index contributed by atoms with van der Waals surface area (Å²) in [6.45, 7) is 0.244. The fourth-order valence-electron chi connectivity index (χ4n) is 2.05. The Hall–Kier alpha value is -2.41. The lowest BCUT2D eigenvalue weighted by molar-refractivity contribution is 0.0955. The summed E-state index contributed by atoms with van der Waals surface area (Å²) in [7, 11) is -3.45. The predicted octanol–water partition coefficient (Wildman–Crippen LogP) is 2.02. The summed E-state index contributed by atoms with van der Waals surface area (Å²) >= 11 is 0. The Morgan fingerprint density at radius 3 is 2.26 bits per heavy atom. The number of para-hydroxylation sites is 1. The molecule has 0 aliphatic heterocycles. The molecule has 7 heteroatoms. The molecule has 0 heterocycles. The van der Waals surface area contributed by atoms with Gasteiger partial charge in [0, 0.05) is 12.1 Å². The molecular weight excluding hydrogens is 319 g/mol. The Balaban J connectivity index is 2.00. The fourth-order valence-corrected chi connectivity index (χ4v) is 2.98. The van der Waals surface area contributed by atoms with Crippen LogP contribution in [-0.2, 0) is 10.0 Å². The van der Waals surface area contributed by atoms with Crippen molar-refractivity contribution in [2.45, 2.75) is 0 Å². The summed E-state index contributed by atoms with van der Waals surface area (Å²) in [5.41, 5.74) is 0.850. The van der Waals surface area contributed by atoms with E-state index < -0.39 is 15.8 Å². The monoisotopic (exact) mass is 336 g/mol. The van der Waals surface area contributed by atoms with Crippen LogP contribution in [0.3, 0.4) is 0 Å². The molecule has 0 unspecified atom stereocenters. The molecule has 1 N–H and O–H groups in total. The highest BCUT2D eigenvalue weighted by molar-refractivity contribution is 7.92. The van der Waals surface area contributed by atoms with E-state index in [0.29, 0.717) is 11.3 Å². The maximum atomic E-state index is 12.8. The minimum atomic E-state index is -3.45. The third-order valence-electron chi connectivity index (χ3n) is 3.15. The van der Waals surface area contributed by atoms with Gasteiger partial charge >= 0.3 is 0 Å². The van der Waals surface area contributed by atoms with E-state index in [-0.39, 0.29) is 19.0 Å². The zero-order valence-corrected chi connectivity index (χ0v) is 13.4. The summed E-state index contributed by atoms with van der Waals surface area (Å²) in [4.78, 5) is 11.9. The molecule has 0 radical (unpaired) electrons. The van der Waals surface area contributed by atoms with Gasteiger partial charge in [-0.3, -0.25) is 9.10 Å². The van der Waals surface area contributed by atoms with Gasteiger partial charge in [-0.2, -0.15) is 0 Å². The number of carbonyl (C=O) groups is 1. The van der Waals surface area contributed by atoms with Crippen molar-refractivity contribution in [3.05, 3.63) is 66.0 Å². The molecule has 1 amide bonds. The lowest BCUT2D eigenvalue weighted by atomic mass is 10.2. The van der Waals surface area contributed by atoms with Gasteiger partial charge in [-0.15, -0.1) is 0 Å². The number of hydrogen-bond donors (Lipinski definition) is 1. The van der Waals surface area contributed by atoms with Crippen LogP contribution in [-0.4, -0.2) is 33.7 Å². The molecule has 0 aliphatic carbocycles. The van der Waals surface area contributed by atoms with E-state index in [0.717, 1.165) is 6.26 Å². The van der Waals surface area contributed by atoms with Gasteiger partial charge in [-0.05, 0) is 36.4 Å². The molecule has 2 rings (SSSR count). The molecular formula is C16H17FN2O3S. The Labute approximate surface area is 134 Å². The molecule has 0 aliphatic rings. The second-order valence-corrected chi connectivity index (χ2v) is 6.84. The van der Waals surface area contributed by atoms with E-state index in [1.807, 2.05) is 0 Å². The van der Waals surface area contributed by atoms with Crippen LogP contribution in [0.1, 0.15) is 10.4 Å². The molecule has 0 saturated carbocycles. The van der Waals surface area contributed by atoms with Gasteiger partial charge in [0.2, 0.25) is 10.0 Å². The maximum Gasteiger partial charge on any atom is 0.251 e. The summed E-state index contributed by atoms with van der Waals surface area (Å²) in [6.07, 6.45) is 1.11. The SMILES string of the molecule is CS(=O)(=O)N(CCNC(=O)c1ccc(F)cc1)c1ccccc1. The van der Waals surface area contributed by atoms with Crippen molar-refractivity contribution in [2.75, 3.05) is 23.7 Å². The molecule has 0 fully saturated rings. The first kappa shape index (κ1) is 17.0. The molecule has 0 bridgehead atoms. The van der Waals surface area contributed by atoms with E-state index in [1.54, 1.807) is 30.3 Å². The lowest BCUT2D eigenvalue weighted by Gasteiger charge is -2.22. The van der Waals surface area contributed by atoms with Gasteiger partial charge in [-0.1, -0.05) is 18.2 Å². The number of rotatable bonds is 6. The molecule has 0 spiro atoms. The van der Waals surface area contributed by atoms with E-state index in [1.165, 1.54) is 28.6 Å². The van der Waals surface area contributed by atoms with Crippen molar-refractivity contribution in [3.8, 4) is 0 Å². The van der Waals surface area contributed by atoms with Crippen LogP contribution in [0.4, 0.5) is 10.1 Å². The number of benzene rings is 2. The van der Waals surface area contributed by atoms with Crippen LogP contribution in [0.2, 0.25) is 0 Å². The lowest BCUT2D eigenvalue weighted by Crippen LogP contribution is -2.38. The average Bonchev–Trinajstić information content (AvgIpc) is 2.51. The van der Waals surface area contributed by atoms with Crippen LogP contribution in [0.25, 0.3) is 0 Å². The van der Waals surface area contributed by atoms with Gasteiger partial charge in [0.1, 0.15) is 5.82 Å². The van der Waals surface area contributed by atoms with Gasteiger partial charge in [0.05, 0.1) is 18.5 Å². The standard InChI is InChI=1S/C16H17FN2O3S/c1-23(21,22)19(15-5-3-2-4-6-15)12-11-18-16(20)13-7-9-14(17)10-8-13/h2-10H,11-12H2,1H3,(H,18,20). The van der Waals surface area contributed by atoms with Crippen LogP contribution in [0.15, 0.2) is 54.6 Å². The van der Waals surface area contributed by atoms with E-state index >= 15 is 0 Å². The molecule has 5 nitrogen and oxygen atoms in total. The van der Waals surface area contributed by atoms with Crippen molar-refractivity contribution in [1.82, 2.24) is 5.32 Å². The second-order valence-electron chi connectivity index (χ2n) is 4.93. The molecule has 23 heavy (non-hydrogen) atoms. The minimum absolute atomic E-state index is 0.107. The van der Waals surface area contributed by atoms with Gasteiger partial charge in [-0.25, -0.2) is 12.8 Å². The average molecular weight is 336 g/mol. The first-order valence-corrected chi connectivity index (χ1v) is 8.79. The highest BCUT2D eigenvalue weighted by atomic mass is 32.2. The van der Waals surface area contributed by atoms with Crippen molar-refractivity contribution in [3.63, 3.8) is 0 Å². The zero-order valence-electron chi connectivity index (χ0n) is 12.6. The smallest absolute Gasteiger partial charge is 0.251 e. The summed E-state index contributed by atoms with van der Waals surface area (Å²) in [6, 6.07) is 13.8. The number of carbonyl (C=O) groups excluding carboxylic acids is 1. The van der Waals surface area contributed by atoms with E-state index in [9.17, 15) is 17.6 Å². The highest BCUT2D eigenvalue weighted by Gasteiger charge is 2.17. The number of hydrogen-bond acceptors (Lipinski definition) is 3. The molecule has 0 saturated heterocycles. The van der Waals surface area contributed by atoms with Crippen molar-refractivity contribution < 1.29 is 17.6 Å². The van der Waals surface area contributed by atoms with Gasteiger partial charge < -0.3 is 5.32 Å². The molecule has 0 aromatic heterocycles. The molecule has 0 atom stereocenters. The Kier molecular flexibility index (Phi) is 5.33. The topological polar surface area (TPSA) is 66.5 Å². The minimum Gasteiger partial charge on any atom is -0.350 e. The Bertz CT molecular complexity index is 762. The largest absolute Gasteiger partial charge is 0.350 e. The summed E-state index contributed by atoms with van der Waals surface area (Å²) in [5, 5.41) is 2.62. The number of sulfonamides is 1. The number of halogens is 1. The number of nitrogens with one attached hydrogen (secondary N) is 1. The van der Waals surface area contributed by atoms with Crippen LogP contribution >= 0.6 is 0 Å². The zero-order chi connectivity index (χ0) is 16.9. The third-order valence-corrected chi connectivity index (χ3v) is 4.35. The number of amides is 1. The van der Waals surface area contributed by atoms with Crippen molar-refractivity contribution in [1.29, 1.82) is 0 Å². The predicted molar refractivity (Wildman–Crippen MR) is 87.4 cm³/mol. The fraction of sp³-hybridized carbons (Fsp3) is 0.188. The van der Waals surface area contributed by atoms with Crippen LogP contribution in [0.5, 0.6) is 0 Å². The van der Waals surface area contributed by atoms with Gasteiger partial charge in [0.25, 0.3) is 5.91 Å². The molecule has 2 aromatic carbocycles. The van der Waals surface area contributed by atoms with Gasteiger partial charge in [0.15, 0.2) is 0 Å². The first-order chi connectivity index (χ1) is 10.9. The molecule has 2 aromatic rings. The summed E-state index contributed by atoms with van der Waals surface area (Å²) in [5.74, 6) is -0.805. The van der Waals surface area contributed by atoms with Crippen LogP contribution in [0, 0.1) is 5.82 Å². The second kappa shape index (κ2) is 7.23. The third kappa shape index (κ3) is 4.79. The normalized spacial score (nSPS) is 11.0. The summed E-state index contributed by atoms with van der Waals surface area (Å²) < 4.78 is 37.8.